The molecule has 0 aromatic rings. The van der Waals surface area contributed by atoms with Gasteiger partial charge in [0, 0.05) is 26.6 Å². The first-order valence-electron chi connectivity index (χ1n) is 5.07. The van der Waals surface area contributed by atoms with Gasteiger partial charge < -0.3 is 10.0 Å². The van der Waals surface area contributed by atoms with E-state index in [-0.39, 0.29) is 12.5 Å². The third-order valence-electron chi connectivity index (χ3n) is 2.04. The van der Waals surface area contributed by atoms with Gasteiger partial charge in [0.15, 0.2) is 0 Å². The lowest BCUT2D eigenvalue weighted by molar-refractivity contribution is -0.129. The first-order valence-corrected chi connectivity index (χ1v) is 5.07. The van der Waals surface area contributed by atoms with Gasteiger partial charge in [-0.1, -0.05) is 6.92 Å². The number of aliphatic hydroxyl groups excluding tert-OH is 1. The molecule has 0 unspecified atom stereocenters. The predicted octanol–water partition coefficient (Wildman–Crippen LogP) is 1.41. The quantitative estimate of drug-likeness (QED) is 0.612. The molecule has 3 nitrogen and oxygen atoms in total. The summed E-state index contributed by atoms with van der Waals surface area (Å²) < 4.78 is 0. The molecule has 0 aliphatic rings. The molecule has 3 heteroatoms. The van der Waals surface area contributed by atoms with Gasteiger partial charge in [-0.2, -0.15) is 0 Å². The lowest BCUT2D eigenvalue weighted by atomic mass is 10.2. The van der Waals surface area contributed by atoms with Gasteiger partial charge in [0.05, 0.1) is 0 Å². The van der Waals surface area contributed by atoms with Crippen LogP contribution in [0.4, 0.5) is 0 Å². The van der Waals surface area contributed by atoms with E-state index >= 15 is 0 Å². The molecule has 0 saturated carbocycles. The van der Waals surface area contributed by atoms with Gasteiger partial charge >= 0.3 is 0 Å². The van der Waals surface area contributed by atoms with Crippen molar-refractivity contribution in [2.45, 2.75) is 39.0 Å². The highest BCUT2D eigenvalue weighted by Gasteiger charge is 2.05. The van der Waals surface area contributed by atoms with Crippen LogP contribution in [0, 0.1) is 0 Å². The van der Waals surface area contributed by atoms with Crippen molar-refractivity contribution in [3.63, 3.8) is 0 Å². The van der Waals surface area contributed by atoms with Crippen molar-refractivity contribution in [3.8, 4) is 0 Å². The van der Waals surface area contributed by atoms with Gasteiger partial charge in [0.2, 0.25) is 5.91 Å². The molecule has 0 fully saturated rings. The molecule has 0 rings (SSSR count). The van der Waals surface area contributed by atoms with Crippen LogP contribution in [0.1, 0.15) is 39.0 Å². The molecule has 0 radical (unpaired) electrons. The van der Waals surface area contributed by atoms with Gasteiger partial charge in [-0.3, -0.25) is 4.79 Å². The predicted molar refractivity (Wildman–Crippen MR) is 53.5 cm³/mol. The minimum absolute atomic E-state index is 0.228. The Morgan fingerprint density at radius 2 is 2.00 bits per heavy atom. The fourth-order valence-electron chi connectivity index (χ4n) is 1.17. The number of nitrogens with zero attached hydrogens (tertiary/aromatic N) is 1. The minimum atomic E-state index is 0.228. The Morgan fingerprint density at radius 1 is 1.31 bits per heavy atom. The van der Waals surface area contributed by atoms with E-state index in [2.05, 4.69) is 0 Å². The number of aliphatic hydroxyl groups is 1. The summed E-state index contributed by atoms with van der Waals surface area (Å²) in [7, 11) is 1.84. The minimum Gasteiger partial charge on any atom is -0.396 e. The first-order chi connectivity index (χ1) is 6.22. The molecule has 0 heterocycles. The van der Waals surface area contributed by atoms with E-state index in [1.807, 2.05) is 14.0 Å². The molecule has 0 aromatic heterocycles. The Balaban J connectivity index is 3.38. The molecular weight excluding hydrogens is 166 g/mol. The average molecular weight is 187 g/mol. The lowest BCUT2D eigenvalue weighted by Crippen LogP contribution is -2.27. The summed E-state index contributed by atoms with van der Waals surface area (Å²) in [6.45, 7) is 3.09. The highest BCUT2D eigenvalue weighted by molar-refractivity contribution is 5.75. The van der Waals surface area contributed by atoms with Crippen molar-refractivity contribution in [2.75, 3.05) is 20.2 Å². The lowest BCUT2D eigenvalue weighted by Gasteiger charge is -2.16. The van der Waals surface area contributed by atoms with Crippen molar-refractivity contribution in [1.82, 2.24) is 4.90 Å². The van der Waals surface area contributed by atoms with Crippen molar-refractivity contribution in [2.24, 2.45) is 0 Å². The van der Waals surface area contributed by atoms with Crippen LogP contribution in [0.3, 0.4) is 0 Å². The topological polar surface area (TPSA) is 40.5 Å². The maximum absolute atomic E-state index is 11.3. The molecule has 1 amide bonds. The third kappa shape index (κ3) is 6.58. The molecular formula is C10H21NO2. The summed E-state index contributed by atoms with van der Waals surface area (Å²) in [6, 6.07) is 0. The third-order valence-corrected chi connectivity index (χ3v) is 2.04. The molecule has 0 aliphatic heterocycles. The van der Waals surface area contributed by atoms with Crippen molar-refractivity contribution in [1.29, 1.82) is 0 Å². The van der Waals surface area contributed by atoms with Gasteiger partial charge in [0.1, 0.15) is 0 Å². The van der Waals surface area contributed by atoms with Gasteiger partial charge in [-0.15, -0.1) is 0 Å². The SMILES string of the molecule is CCCC(=O)N(C)CCCCCO. The molecule has 0 atom stereocenters. The second kappa shape index (κ2) is 8.05. The number of unbranched alkanes of at least 4 members (excludes halogenated alkanes) is 2. The summed E-state index contributed by atoms with van der Waals surface area (Å²) in [4.78, 5) is 13.1. The zero-order valence-corrected chi connectivity index (χ0v) is 8.75. The van der Waals surface area contributed by atoms with Crippen LogP contribution in [0.25, 0.3) is 0 Å². The van der Waals surface area contributed by atoms with Crippen LogP contribution < -0.4 is 0 Å². The fraction of sp³-hybridized carbons (Fsp3) is 0.900. The standard InChI is InChI=1S/C10H21NO2/c1-3-7-10(13)11(2)8-5-4-6-9-12/h12H,3-9H2,1-2H3. The summed E-state index contributed by atoms with van der Waals surface area (Å²) in [5.41, 5.74) is 0. The average Bonchev–Trinajstić information content (AvgIpc) is 2.12. The molecule has 0 bridgehead atoms. The van der Waals surface area contributed by atoms with Crippen LogP contribution in [-0.4, -0.2) is 36.1 Å². The maximum Gasteiger partial charge on any atom is 0.222 e. The van der Waals surface area contributed by atoms with Crippen LogP contribution in [0.2, 0.25) is 0 Å². The zero-order valence-electron chi connectivity index (χ0n) is 8.75. The highest BCUT2D eigenvalue weighted by Crippen LogP contribution is 1.99. The van der Waals surface area contributed by atoms with Gasteiger partial charge in [-0.05, 0) is 25.7 Å². The van der Waals surface area contributed by atoms with E-state index in [0.717, 1.165) is 32.2 Å². The molecule has 78 valence electrons. The fourth-order valence-corrected chi connectivity index (χ4v) is 1.17. The number of rotatable bonds is 7. The van der Waals surface area contributed by atoms with Gasteiger partial charge in [-0.25, -0.2) is 0 Å². The zero-order chi connectivity index (χ0) is 10.1. The Labute approximate surface area is 80.7 Å². The number of carbonyl (C=O) groups is 1. The second-order valence-corrected chi connectivity index (χ2v) is 3.35. The first kappa shape index (κ1) is 12.4. The van der Waals surface area contributed by atoms with Crippen LogP contribution in [-0.2, 0) is 4.79 Å². The molecule has 0 aromatic carbocycles. The maximum atomic E-state index is 11.3. The normalized spacial score (nSPS) is 10.1. The van der Waals surface area contributed by atoms with Crippen LogP contribution >= 0.6 is 0 Å². The Kier molecular flexibility index (Phi) is 7.69. The van der Waals surface area contributed by atoms with Gasteiger partial charge in [0.25, 0.3) is 0 Å². The highest BCUT2D eigenvalue weighted by atomic mass is 16.2. The number of hydrogen-bond donors (Lipinski definition) is 1. The molecule has 1 N–H and O–H groups in total. The van der Waals surface area contributed by atoms with E-state index in [1.54, 1.807) is 4.90 Å². The molecule has 0 spiro atoms. The van der Waals surface area contributed by atoms with Crippen LogP contribution in [0.5, 0.6) is 0 Å². The van der Waals surface area contributed by atoms with E-state index in [9.17, 15) is 4.79 Å². The number of amides is 1. The Morgan fingerprint density at radius 3 is 2.54 bits per heavy atom. The van der Waals surface area contributed by atoms with Crippen molar-refractivity contribution in [3.05, 3.63) is 0 Å². The summed E-state index contributed by atoms with van der Waals surface area (Å²) in [5.74, 6) is 0.228. The second-order valence-electron chi connectivity index (χ2n) is 3.35. The summed E-state index contributed by atoms with van der Waals surface area (Å²) in [5, 5.41) is 8.54. The summed E-state index contributed by atoms with van der Waals surface area (Å²) >= 11 is 0. The van der Waals surface area contributed by atoms with Crippen LogP contribution in [0.15, 0.2) is 0 Å². The Hall–Kier alpha value is -0.570. The van der Waals surface area contributed by atoms with E-state index < -0.39 is 0 Å². The smallest absolute Gasteiger partial charge is 0.222 e. The molecule has 0 aliphatic carbocycles. The largest absolute Gasteiger partial charge is 0.396 e. The summed E-state index contributed by atoms with van der Waals surface area (Å²) in [6.07, 6.45) is 4.40. The van der Waals surface area contributed by atoms with Crippen molar-refractivity contribution < 1.29 is 9.90 Å². The van der Waals surface area contributed by atoms with E-state index in [4.69, 9.17) is 5.11 Å². The van der Waals surface area contributed by atoms with E-state index in [0.29, 0.717) is 6.42 Å². The number of carbonyl (C=O) groups excluding carboxylic acids is 1. The Bertz CT molecular complexity index is 137. The van der Waals surface area contributed by atoms with E-state index in [1.165, 1.54) is 0 Å². The monoisotopic (exact) mass is 187 g/mol. The molecule has 0 saturated heterocycles. The number of hydrogen-bond acceptors (Lipinski definition) is 2. The molecule has 13 heavy (non-hydrogen) atoms. The van der Waals surface area contributed by atoms with Crippen molar-refractivity contribution >= 4 is 5.91 Å².